The molecule has 0 aromatic rings. The molecule has 4 heavy (non-hydrogen) atoms. The van der Waals surface area contributed by atoms with Crippen molar-refractivity contribution in [3.8, 4) is 0 Å². The van der Waals surface area contributed by atoms with Crippen LogP contribution < -0.4 is 0 Å². The van der Waals surface area contributed by atoms with E-state index in [4.69, 9.17) is 0 Å². The molecule has 4 heteroatoms. The van der Waals surface area contributed by atoms with Crippen LogP contribution in [-0.4, -0.2) is 89.6 Å². The van der Waals surface area contributed by atoms with Crippen LogP contribution in [0.2, 0.25) is 0 Å². The molecule has 0 spiro atoms. The Balaban J connectivity index is 0. The third-order valence-electron chi connectivity index (χ3n) is 0. The zero-order valence-corrected chi connectivity index (χ0v) is 11.7. The molecule has 0 saturated heterocycles. The van der Waals surface area contributed by atoms with Crippen LogP contribution in [0.5, 0.6) is 0 Å². The van der Waals surface area contributed by atoms with Gasteiger partial charge in [0.25, 0.3) is 0 Å². The van der Waals surface area contributed by atoms with Crippen LogP contribution in [0.3, 0.4) is 0 Å². The Bertz CT molecular complexity index is 8.00. The van der Waals surface area contributed by atoms with Crippen molar-refractivity contribution in [2.75, 3.05) is 0 Å². The van der Waals surface area contributed by atoms with E-state index >= 15 is 0 Å². The molecule has 0 aromatic carbocycles. The van der Waals surface area contributed by atoms with Gasteiger partial charge in [-0.15, -0.1) is 0 Å². The Morgan fingerprint density at radius 2 is 1.00 bits per heavy atom. The van der Waals surface area contributed by atoms with Crippen molar-refractivity contribution in [3.63, 3.8) is 0 Å². The molecule has 0 nitrogen and oxygen atoms in total. The fourth-order valence-corrected chi connectivity index (χ4v) is 0. The van der Waals surface area contributed by atoms with Crippen LogP contribution in [0, 0.1) is 0 Å². The minimum atomic E-state index is 0. The fourth-order valence-electron chi connectivity index (χ4n) is 0. The van der Waals surface area contributed by atoms with E-state index in [9.17, 15) is 0 Å². The third-order valence-corrected chi connectivity index (χ3v) is 0. The summed E-state index contributed by atoms with van der Waals surface area (Å²) in [6.45, 7) is 0. The van der Waals surface area contributed by atoms with Gasteiger partial charge in [-0.05, 0) is 0 Å². The van der Waals surface area contributed by atoms with Gasteiger partial charge >= 0.3 is 0 Å². The van der Waals surface area contributed by atoms with E-state index in [1.54, 1.807) is 0 Å². The zero-order chi connectivity index (χ0) is 0. The first-order valence-electron chi connectivity index (χ1n) is 0. The maximum absolute atomic E-state index is 0. The molecule has 13 radical (unpaired) electrons. The Kier molecular flexibility index (Phi) is 118. The van der Waals surface area contributed by atoms with Crippen molar-refractivity contribution in [1.29, 1.82) is 0 Å². The summed E-state index contributed by atoms with van der Waals surface area (Å²) in [6.07, 6.45) is 0. The number of rotatable bonds is 0. The van der Waals surface area contributed by atoms with Crippen molar-refractivity contribution in [1.82, 2.24) is 0 Å². The Morgan fingerprint density at radius 1 is 1.00 bits per heavy atom. The summed E-state index contributed by atoms with van der Waals surface area (Å²) in [4.78, 5) is 0. The molecule has 0 rings (SSSR count). The van der Waals surface area contributed by atoms with Crippen LogP contribution >= 0.6 is 0 Å². The number of hydrogen-bond donors (Lipinski definition) is 0. The van der Waals surface area contributed by atoms with Crippen molar-refractivity contribution in [2.45, 2.75) is 0 Å². The summed E-state index contributed by atoms with van der Waals surface area (Å²) in [5, 5.41) is 0. The van der Waals surface area contributed by atoms with Crippen LogP contribution in [-0.2, 0) is 0 Å². The summed E-state index contributed by atoms with van der Waals surface area (Å²) in [5.74, 6) is 0. The van der Waals surface area contributed by atoms with Crippen LogP contribution in [0.15, 0.2) is 0 Å². The first-order chi connectivity index (χ1) is 0. The minimum absolute atomic E-state index is 0. The molecule has 0 amide bonds. The summed E-state index contributed by atoms with van der Waals surface area (Å²) in [6, 6.07) is 0. The van der Waals surface area contributed by atoms with Crippen molar-refractivity contribution in [3.05, 3.63) is 0 Å². The Morgan fingerprint density at radius 3 is 1.00 bits per heavy atom. The van der Waals surface area contributed by atoms with Gasteiger partial charge in [-0.1, -0.05) is 0 Å². The second-order valence-electron chi connectivity index (χ2n) is 0. The Hall–Kier alpha value is 2.95. The molecule has 0 saturated carbocycles. The first-order valence-corrected chi connectivity index (χ1v) is 0. The van der Waals surface area contributed by atoms with Crippen molar-refractivity contribution >= 4 is 89.6 Å². The predicted octanol–water partition coefficient (Wildman–Crippen LogP) is -1.52. The smallest absolute Gasteiger partial charge is 0 e. The number of hydrogen-bond acceptors (Lipinski definition) is 0. The monoisotopic (exact) mass is 445 g/mol. The quantitative estimate of drug-likeness (QED) is 0.402. The maximum atomic E-state index is 0. The molecule has 0 N–H and O–H groups in total. The Labute approximate surface area is 88.0 Å². The van der Waals surface area contributed by atoms with E-state index < -0.39 is 0 Å². The van der Waals surface area contributed by atoms with Gasteiger partial charge in [0, 0.05) is 89.6 Å². The molecule has 0 aliphatic heterocycles. The van der Waals surface area contributed by atoms with E-state index in [-0.39, 0.29) is 89.6 Å². The van der Waals surface area contributed by atoms with Crippen LogP contribution in [0.25, 0.3) is 0 Å². The van der Waals surface area contributed by atoms with E-state index in [1.165, 1.54) is 0 Å². The SMILES string of the molecule is [Ge].[Sb].[Sn].[Te]. The topological polar surface area (TPSA) is 0 Å². The molecule has 0 aliphatic carbocycles. The molecular weight excluding hydrogens is 441 g/mol. The summed E-state index contributed by atoms with van der Waals surface area (Å²) in [7, 11) is 0. The van der Waals surface area contributed by atoms with Crippen molar-refractivity contribution in [2.24, 2.45) is 0 Å². The second-order valence-corrected chi connectivity index (χ2v) is 0. The van der Waals surface area contributed by atoms with E-state index in [0.717, 1.165) is 0 Å². The molecule has 0 bridgehead atoms. The molecule has 0 heterocycles. The van der Waals surface area contributed by atoms with Gasteiger partial charge in [-0.2, -0.15) is 0 Å². The summed E-state index contributed by atoms with van der Waals surface area (Å²) < 4.78 is 0. The normalized spacial score (nSPS) is 0. The molecule has 0 aliphatic rings. The van der Waals surface area contributed by atoms with Crippen LogP contribution in [0.4, 0.5) is 0 Å². The first kappa shape index (κ1) is 28.3. The zero-order valence-electron chi connectivity index (χ0n) is 1.86. The summed E-state index contributed by atoms with van der Waals surface area (Å²) >= 11 is 0. The van der Waals surface area contributed by atoms with E-state index in [1.807, 2.05) is 0 Å². The van der Waals surface area contributed by atoms with Gasteiger partial charge in [0.15, 0.2) is 0 Å². The standard InChI is InChI=1S/Ge.Sb.Sn.Te. The maximum Gasteiger partial charge on any atom is 0 e. The fraction of sp³-hybridized carbons (Fsp3) is 0. The largest absolute Gasteiger partial charge is 0 e. The van der Waals surface area contributed by atoms with Gasteiger partial charge in [0.1, 0.15) is 0 Å². The van der Waals surface area contributed by atoms with E-state index in [0.29, 0.717) is 0 Å². The van der Waals surface area contributed by atoms with Gasteiger partial charge in [0.05, 0.1) is 0 Å². The molecule has 0 unspecified atom stereocenters. The third kappa shape index (κ3) is 8.87. The van der Waals surface area contributed by atoms with Gasteiger partial charge in [-0.25, -0.2) is 0 Å². The predicted molar refractivity (Wildman–Crippen MR) is 23.0 cm³/mol. The van der Waals surface area contributed by atoms with E-state index in [2.05, 4.69) is 0 Å². The molecule has 0 aromatic heterocycles. The summed E-state index contributed by atoms with van der Waals surface area (Å²) in [5.41, 5.74) is 0. The molecule has 0 atom stereocenters. The molecular formula is GeSbSnTe. The van der Waals surface area contributed by atoms with Crippen molar-refractivity contribution < 1.29 is 0 Å². The van der Waals surface area contributed by atoms with Crippen LogP contribution in [0.1, 0.15) is 0 Å². The van der Waals surface area contributed by atoms with Gasteiger partial charge in [0.2, 0.25) is 0 Å². The minimum Gasteiger partial charge on any atom is 0 e. The van der Waals surface area contributed by atoms with Gasteiger partial charge in [-0.3, -0.25) is 0 Å². The molecule has 0 fully saturated rings. The average Bonchev–Trinajstić information content (AvgIpc) is 0. The molecule has 19 valence electrons. The average molecular weight is 441 g/mol. The second kappa shape index (κ2) is 16.8. The van der Waals surface area contributed by atoms with Gasteiger partial charge < -0.3 is 0 Å².